The smallest absolute Gasteiger partial charge is 0.266 e. The van der Waals surface area contributed by atoms with Crippen LogP contribution in [0.3, 0.4) is 0 Å². The first kappa shape index (κ1) is 19.5. The van der Waals surface area contributed by atoms with Crippen LogP contribution in [0.15, 0.2) is 74.9 Å². The Balaban J connectivity index is 1.75. The molecular weight excluding hydrogens is 478 g/mol. The van der Waals surface area contributed by atoms with E-state index in [4.69, 9.17) is 5.10 Å². The molecule has 0 N–H and O–H groups in total. The molecule has 31 heavy (non-hydrogen) atoms. The molecule has 9 heteroatoms. The van der Waals surface area contributed by atoms with Gasteiger partial charge in [0.1, 0.15) is 5.69 Å². The van der Waals surface area contributed by atoms with Crippen molar-refractivity contribution in [2.24, 2.45) is 0 Å². The highest BCUT2D eigenvalue weighted by atomic mass is 79.9. The molecule has 0 spiro atoms. The van der Waals surface area contributed by atoms with Gasteiger partial charge in [-0.05, 0) is 37.3 Å². The molecule has 0 saturated heterocycles. The topological polar surface area (TPSA) is 82.2 Å². The minimum atomic E-state index is -0.430. The van der Waals surface area contributed by atoms with Crippen LogP contribution in [0.1, 0.15) is 11.3 Å². The standard InChI is InChI=1S/C22H14BrN5O2S/c1-13-20(29)24-22-28(25-13)21(30)18(31-22)11-15-12-27(17-5-3-2-4-6-17)26-19(15)14-7-9-16(23)10-8-14/h2-12H,1H3/b18-11-. The highest BCUT2D eigenvalue weighted by Crippen LogP contribution is 2.26. The van der Waals surface area contributed by atoms with Gasteiger partial charge in [0.25, 0.3) is 11.1 Å². The quantitative estimate of drug-likeness (QED) is 0.387. The zero-order valence-electron chi connectivity index (χ0n) is 16.2. The van der Waals surface area contributed by atoms with E-state index in [9.17, 15) is 9.59 Å². The summed E-state index contributed by atoms with van der Waals surface area (Å²) in [6.45, 7) is 1.54. The molecule has 152 valence electrons. The summed E-state index contributed by atoms with van der Waals surface area (Å²) in [5, 5.41) is 8.85. The summed E-state index contributed by atoms with van der Waals surface area (Å²) in [5.41, 5.74) is 2.77. The van der Waals surface area contributed by atoms with Crippen LogP contribution in [0, 0.1) is 6.92 Å². The molecule has 0 aliphatic rings. The Kier molecular flexibility index (Phi) is 4.84. The number of halogens is 1. The van der Waals surface area contributed by atoms with Crippen LogP contribution < -0.4 is 15.7 Å². The van der Waals surface area contributed by atoms with E-state index in [0.29, 0.717) is 4.53 Å². The van der Waals surface area contributed by atoms with Crippen molar-refractivity contribution >= 4 is 38.3 Å². The second-order valence-electron chi connectivity index (χ2n) is 6.83. The number of nitrogens with zero attached hydrogens (tertiary/aromatic N) is 5. The van der Waals surface area contributed by atoms with Crippen LogP contribution in [-0.4, -0.2) is 24.4 Å². The van der Waals surface area contributed by atoms with E-state index in [-0.39, 0.29) is 16.2 Å². The zero-order chi connectivity index (χ0) is 21.5. The number of fused-ring (bicyclic) bond motifs is 1. The van der Waals surface area contributed by atoms with Crippen LogP contribution in [0.2, 0.25) is 0 Å². The van der Waals surface area contributed by atoms with Crippen LogP contribution in [0.4, 0.5) is 0 Å². The first-order chi connectivity index (χ1) is 15.0. The minimum absolute atomic E-state index is 0.186. The Morgan fingerprint density at radius 2 is 1.74 bits per heavy atom. The van der Waals surface area contributed by atoms with Gasteiger partial charge < -0.3 is 0 Å². The van der Waals surface area contributed by atoms with Crippen molar-refractivity contribution in [1.29, 1.82) is 0 Å². The van der Waals surface area contributed by atoms with Gasteiger partial charge in [0.15, 0.2) is 0 Å². The summed E-state index contributed by atoms with van der Waals surface area (Å²) < 4.78 is 4.35. The molecule has 0 amide bonds. The molecule has 7 nitrogen and oxygen atoms in total. The van der Waals surface area contributed by atoms with Crippen molar-refractivity contribution in [3.63, 3.8) is 0 Å². The molecule has 3 aromatic heterocycles. The highest BCUT2D eigenvalue weighted by molar-refractivity contribution is 9.10. The lowest BCUT2D eigenvalue weighted by atomic mass is 10.1. The maximum absolute atomic E-state index is 12.9. The molecule has 0 fully saturated rings. The number of aryl methyl sites for hydroxylation is 1. The third kappa shape index (κ3) is 3.62. The van der Waals surface area contributed by atoms with E-state index >= 15 is 0 Å². The van der Waals surface area contributed by atoms with E-state index in [1.54, 1.807) is 10.8 Å². The van der Waals surface area contributed by atoms with Gasteiger partial charge in [0, 0.05) is 21.8 Å². The first-order valence-electron chi connectivity index (χ1n) is 9.33. The summed E-state index contributed by atoms with van der Waals surface area (Å²) >= 11 is 4.59. The van der Waals surface area contributed by atoms with Gasteiger partial charge in [-0.25, -0.2) is 4.68 Å². The summed E-state index contributed by atoms with van der Waals surface area (Å²) in [7, 11) is 0. The van der Waals surface area contributed by atoms with Crippen LogP contribution in [0.25, 0.3) is 28.0 Å². The number of hydrogen-bond acceptors (Lipinski definition) is 6. The lowest BCUT2D eigenvalue weighted by Crippen LogP contribution is -2.27. The summed E-state index contributed by atoms with van der Waals surface area (Å²) in [6, 6.07) is 17.6. The Hall–Kier alpha value is -3.43. The number of benzene rings is 2. The van der Waals surface area contributed by atoms with Crippen molar-refractivity contribution < 1.29 is 0 Å². The molecule has 2 aromatic carbocycles. The molecule has 0 unspecified atom stereocenters. The molecule has 3 heterocycles. The molecule has 0 aliphatic heterocycles. The van der Waals surface area contributed by atoms with Crippen LogP contribution in [-0.2, 0) is 0 Å². The van der Waals surface area contributed by atoms with Gasteiger partial charge in [-0.3, -0.25) is 9.59 Å². The maximum Gasteiger partial charge on any atom is 0.295 e. The largest absolute Gasteiger partial charge is 0.295 e. The van der Waals surface area contributed by atoms with Gasteiger partial charge in [-0.15, -0.1) is 0 Å². The molecule has 0 radical (unpaired) electrons. The number of hydrogen-bond donors (Lipinski definition) is 0. The van der Waals surface area contributed by atoms with Crippen LogP contribution in [0.5, 0.6) is 0 Å². The fourth-order valence-electron chi connectivity index (χ4n) is 3.17. The van der Waals surface area contributed by atoms with E-state index in [0.717, 1.165) is 38.3 Å². The molecule has 5 rings (SSSR count). The van der Waals surface area contributed by atoms with Crippen molar-refractivity contribution in [1.82, 2.24) is 24.4 Å². The maximum atomic E-state index is 12.9. The van der Waals surface area contributed by atoms with Crippen molar-refractivity contribution in [3.05, 3.63) is 102 Å². The minimum Gasteiger partial charge on any atom is -0.266 e. The average molecular weight is 492 g/mol. The van der Waals surface area contributed by atoms with Gasteiger partial charge in [-0.2, -0.15) is 19.7 Å². The second kappa shape index (κ2) is 7.68. The lowest BCUT2D eigenvalue weighted by Gasteiger charge is -2.00. The molecule has 0 bridgehead atoms. The van der Waals surface area contributed by atoms with Gasteiger partial charge in [0.2, 0.25) is 4.96 Å². The summed E-state index contributed by atoms with van der Waals surface area (Å²) in [4.78, 5) is 28.9. The van der Waals surface area contributed by atoms with E-state index in [1.165, 1.54) is 11.4 Å². The molecule has 0 saturated carbocycles. The lowest BCUT2D eigenvalue weighted by molar-refractivity contribution is 0.833. The third-order valence-corrected chi connectivity index (χ3v) is 6.20. The fraction of sp³-hybridized carbons (Fsp3) is 0.0455. The number of aromatic nitrogens is 5. The fourth-order valence-corrected chi connectivity index (χ4v) is 4.33. The summed E-state index contributed by atoms with van der Waals surface area (Å²) in [6.07, 6.45) is 3.65. The normalized spacial score (nSPS) is 12.0. The summed E-state index contributed by atoms with van der Waals surface area (Å²) in [5.74, 6) is 0. The van der Waals surface area contributed by atoms with E-state index in [2.05, 4.69) is 26.0 Å². The van der Waals surface area contributed by atoms with Gasteiger partial charge in [-0.1, -0.05) is 57.6 Å². The predicted molar refractivity (Wildman–Crippen MR) is 124 cm³/mol. The highest BCUT2D eigenvalue weighted by Gasteiger charge is 2.13. The third-order valence-electron chi connectivity index (χ3n) is 4.71. The Labute approximate surface area is 188 Å². The van der Waals surface area contributed by atoms with Crippen molar-refractivity contribution in [2.75, 3.05) is 0 Å². The van der Waals surface area contributed by atoms with Crippen molar-refractivity contribution in [2.45, 2.75) is 6.92 Å². The average Bonchev–Trinajstić information content (AvgIpc) is 3.32. The monoisotopic (exact) mass is 491 g/mol. The van der Waals surface area contributed by atoms with Gasteiger partial charge in [0.05, 0.1) is 15.9 Å². The van der Waals surface area contributed by atoms with Gasteiger partial charge >= 0.3 is 0 Å². The zero-order valence-corrected chi connectivity index (χ0v) is 18.6. The molecule has 0 aliphatic carbocycles. The predicted octanol–water partition coefficient (Wildman–Crippen LogP) is 2.98. The SMILES string of the molecule is Cc1nn2c(=O)/c(=C/c3cn(-c4ccccc4)nc3-c3ccc(Br)cc3)sc2nc1=O. The number of para-hydroxylation sites is 1. The van der Waals surface area contributed by atoms with E-state index < -0.39 is 5.56 Å². The second-order valence-corrected chi connectivity index (χ2v) is 8.76. The van der Waals surface area contributed by atoms with Crippen LogP contribution >= 0.6 is 27.3 Å². The number of thiazole rings is 1. The Bertz CT molecular complexity index is 1590. The molecular formula is C22H14BrN5O2S. The van der Waals surface area contributed by atoms with E-state index in [1.807, 2.05) is 60.8 Å². The first-order valence-corrected chi connectivity index (χ1v) is 10.9. The van der Waals surface area contributed by atoms with Crippen molar-refractivity contribution in [3.8, 4) is 16.9 Å². The Morgan fingerprint density at radius 3 is 2.48 bits per heavy atom. The molecule has 5 aromatic rings. The molecule has 0 atom stereocenters. The Morgan fingerprint density at radius 1 is 1.00 bits per heavy atom. The number of rotatable bonds is 3.